The molecule has 0 N–H and O–H groups in total. The van der Waals surface area contributed by atoms with Gasteiger partial charge in [0.25, 0.3) is 0 Å². The fourth-order valence-corrected chi connectivity index (χ4v) is 3.20. The highest BCUT2D eigenvalue weighted by Crippen LogP contribution is 2.20. The van der Waals surface area contributed by atoms with Crippen LogP contribution in [0.15, 0.2) is 48.8 Å². The molecule has 0 saturated carbocycles. The molecule has 0 radical (unpaired) electrons. The summed E-state index contributed by atoms with van der Waals surface area (Å²) in [5.74, 6) is 0. The molecule has 22 heavy (non-hydrogen) atoms. The van der Waals surface area contributed by atoms with E-state index < -0.39 is 0 Å². The summed E-state index contributed by atoms with van der Waals surface area (Å²) in [4.78, 5) is 13.8. The fourth-order valence-electron chi connectivity index (χ4n) is 3.20. The molecule has 0 amide bonds. The van der Waals surface area contributed by atoms with E-state index in [9.17, 15) is 0 Å². The second-order valence-corrected chi connectivity index (χ2v) is 6.11. The largest absolute Gasteiger partial charge is 0.299 e. The fraction of sp³-hybridized carbons (Fsp3) is 0.444. The molecule has 0 aromatic carbocycles. The number of pyridine rings is 2. The van der Waals surface area contributed by atoms with Gasteiger partial charge in [0.05, 0.1) is 11.4 Å². The summed E-state index contributed by atoms with van der Waals surface area (Å²) < 4.78 is 0. The molecule has 1 aliphatic heterocycles. The number of hydrogen-bond acceptors (Lipinski definition) is 4. The Morgan fingerprint density at radius 3 is 2.50 bits per heavy atom. The lowest BCUT2D eigenvalue weighted by atomic mass is 10.2. The monoisotopic (exact) mass is 296 g/mol. The van der Waals surface area contributed by atoms with E-state index in [1.165, 1.54) is 25.1 Å². The van der Waals surface area contributed by atoms with Crippen LogP contribution in [-0.4, -0.2) is 45.9 Å². The van der Waals surface area contributed by atoms with Crippen LogP contribution < -0.4 is 0 Å². The van der Waals surface area contributed by atoms with Gasteiger partial charge in [0.1, 0.15) is 0 Å². The highest BCUT2D eigenvalue weighted by Gasteiger charge is 2.25. The minimum atomic E-state index is 0.621. The molecule has 0 spiro atoms. The predicted molar refractivity (Wildman–Crippen MR) is 88.2 cm³/mol. The van der Waals surface area contributed by atoms with Crippen molar-refractivity contribution < 1.29 is 0 Å². The Morgan fingerprint density at radius 1 is 1.09 bits per heavy atom. The third-order valence-electron chi connectivity index (χ3n) is 4.27. The van der Waals surface area contributed by atoms with Gasteiger partial charge >= 0.3 is 0 Å². The molecule has 4 nitrogen and oxygen atoms in total. The zero-order chi connectivity index (χ0) is 15.2. The molecule has 1 saturated heterocycles. The van der Waals surface area contributed by atoms with Gasteiger partial charge in [0, 0.05) is 38.1 Å². The number of nitrogens with zero attached hydrogens (tertiary/aromatic N) is 4. The van der Waals surface area contributed by atoms with Crippen LogP contribution in [0.3, 0.4) is 0 Å². The molecule has 1 atom stereocenters. The molecule has 1 fully saturated rings. The Balaban J connectivity index is 1.54. The average Bonchev–Trinajstić information content (AvgIpc) is 2.96. The van der Waals surface area contributed by atoms with Gasteiger partial charge in [0.15, 0.2) is 0 Å². The van der Waals surface area contributed by atoms with Crippen molar-refractivity contribution >= 4 is 0 Å². The van der Waals surface area contributed by atoms with Crippen molar-refractivity contribution in [2.24, 2.45) is 0 Å². The Morgan fingerprint density at radius 2 is 1.82 bits per heavy atom. The molecule has 2 aromatic heterocycles. The van der Waals surface area contributed by atoms with Gasteiger partial charge in [-0.25, -0.2) is 0 Å². The van der Waals surface area contributed by atoms with E-state index in [0.717, 1.165) is 25.3 Å². The lowest BCUT2D eigenvalue weighted by Crippen LogP contribution is -2.38. The van der Waals surface area contributed by atoms with Crippen LogP contribution in [0.2, 0.25) is 0 Å². The summed E-state index contributed by atoms with van der Waals surface area (Å²) in [5.41, 5.74) is 2.31. The van der Waals surface area contributed by atoms with E-state index in [2.05, 4.69) is 51.1 Å². The van der Waals surface area contributed by atoms with Gasteiger partial charge in [0.2, 0.25) is 0 Å². The molecule has 0 bridgehead atoms. The van der Waals surface area contributed by atoms with Gasteiger partial charge in [-0.05, 0) is 50.7 Å². The molecule has 0 aliphatic carbocycles. The maximum absolute atomic E-state index is 4.46. The standard InChI is InChI=1S/C18H24N4/c1-21(13-16-7-2-4-10-19-16)15-18-9-6-12-22(18)14-17-8-3-5-11-20-17/h2-5,7-8,10-11,18H,6,9,12-15H2,1H3/t18-/m0/s1. The van der Waals surface area contributed by atoms with Crippen LogP contribution >= 0.6 is 0 Å². The second-order valence-electron chi connectivity index (χ2n) is 6.11. The first-order chi connectivity index (χ1) is 10.8. The Kier molecular flexibility index (Phi) is 5.14. The van der Waals surface area contributed by atoms with Gasteiger partial charge in [-0.15, -0.1) is 0 Å². The number of hydrogen-bond donors (Lipinski definition) is 0. The Hall–Kier alpha value is -1.78. The van der Waals surface area contributed by atoms with Crippen LogP contribution in [0, 0.1) is 0 Å². The zero-order valence-corrected chi connectivity index (χ0v) is 13.2. The average molecular weight is 296 g/mol. The van der Waals surface area contributed by atoms with Crippen molar-refractivity contribution in [3.63, 3.8) is 0 Å². The van der Waals surface area contributed by atoms with Crippen LogP contribution in [0.4, 0.5) is 0 Å². The minimum Gasteiger partial charge on any atom is -0.299 e. The SMILES string of the molecule is CN(Cc1ccccn1)C[C@@H]1CCCN1Cc1ccccn1. The smallest absolute Gasteiger partial charge is 0.0544 e. The molecule has 3 heterocycles. The van der Waals surface area contributed by atoms with Crippen LogP contribution in [0.25, 0.3) is 0 Å². The maximum atomic E-state index is 4.46. The van der Waals surface area contributed by atoms with E-state index in [1.807, 2.05) is 24.5 Å². The van der Waals surface area contributed by atoms with Gasteiger partial charge in [-0.1, -0.05) is 12.1 Å². The van der Waals surface area contributed by atoms with E-state index >= 15 is 0 Å². The van der Waals surface area contributed by atoms with E-state index in [-0.39, 0.29) is 0 Å². The first-order valence-electron chi connectivity index (χ1n) is 8.03. The second kappa shape index (κ2) is 7.47. The molecular weight excluding hydrogens is 272 g/mol. The zero-order valence-electron chi connectivity index (χ0n) is 13.2. The van der Waals surface area contributed by atoms with Crippen molar-refractivity contribution in [2.45, 2.75) is 32.0 Å². The summed E-state index contributed by atoms with van der Waals surface area (Å²) in [6.07, 6.45) is 6.31. The van der Waals surface area contributed by atoms with Gasteiger partial charge in [-0.2, -0.15) is 0 Å². The first-order valence-corrected chi connectivity index (χ1v) is 8.03. The summed E-state index contributed by atoms with van der Waals surface area (Å²) >= 11 is 0. The van der Waals surface area contributed by atoms with Crippen LogP contribution in [0.5, 0.6) is 0 Å². The summed E-state index contributed by atoms with van der Waals surface area (Å²) in [6, 6.07) is 12.9. The Bertz CT molecular complexity index is 558. The van der Waals surface area contributed by atoms with Crippen molar-refractivity contribution in [3.05, 3.63) is 60.2 Å². The molecule has 116 valence electrons. The summed E-state index contributed by atoms with van der Waals surface area (Å²) in [6.45, 7) is 4.14. The molecular formula is C18H24N4. The van der Waals surface area contributed by atoms with Crippen LogP contribution in [-0.2, 0) is 13.1 Å². The normalized spacial score (nSPS) is 18.9. The van der Waals surface area contributed by atoms with Crippen molar-refractivity contribution in [2.75, 3.05) is 20.1 Å². The van der Waals surface area contributed by atoms with Crippen molar-refractivity contribution in [1.29, 1.82) is 0 Å². The number of likely N-dealkylation sites (tertiary alicyclic amines) is 1. The lowest BCUT2D eigenvalue weighted by molar-refractivity contribution is 0.180. The number of likely N-dealkylation sites (N-methyl/N-ethyl adjacent to an activating group) is 1. The minimum absolute atomic E-state index is 0.621. The quantitative estimate of drug-likeness (QED) is 0.820. The molecule has 0 unspecified atom stereocenters. The first kappa shape index (κ1) is 15.1. The lowest BCUT2D eigenvalue weighted by Gasteiger charge is -2.28. The predicted octanol–water partition coefficient (Wildman–Crippen LogP) is 2.57. The third-order valence-corrected chi connectivity index (χ3v) is 4.27. The van der Waals surface area contributed by atoms with E-state index in [1.54, 1.807) is 0 Å². The maximum Gasteiger partial charge on any atom is 0.0544 e. The molecule has 3 rings (SSSR count). The topological polar surface area (TPSA) is 32.3 Å². The highest BCUT2D eigenvalue weighted by molar-refractivity contribution is 5.05. The molecule has 4 heteroatoms. The summed E-state index contributed by atoms with van der Waals surface area (Å²) in [7, 11) is 2.19. The van der Waals surface area contributed by atoms with Gasteiger partial charge in [-0.3, -0.25) is 19.8 Å². The number of aromatic nitrogens is 2. The summed E-state index contributed by atoms with van der Waals surface area (Å²) in [5, 5.41) is 0. The third kappa shape index (κ3) is 4.12. The number of rotatable bonds is 6. The van der Waals surface area contributed by atoms with Gasteiger partial charge < -0.3 is 0 Å². The van der Waals surface area contributed by atoms with Crippen LogP contribution in [0.1, 0.15) is 24.2 Å². The molecule has 1 aliphatic rings. The van der Waals surface area contributed by atoms with Crippen molar-refractivity contribution in [1.82, 2.24) is 19.8 Å². The Labute approximate surface area is 132 Å². The highest BCUT2D eigenvalue weighted by atomic mass is 15.2. The van der Waals surface area contributed by atoms with E-state index in [0.29, 0.717) is 6.04 Å². The molecule has 2 aromatic rings. The van der Waals surface area contributed by atoms with Crippen molar-refractivity contribution in [3.8, 4) is 0 Å². The van der Waals surface area contributed by atoms with E-state index in [4.69, 9.17) is 0 Å².